The smallest absolute Gasteiger partial charge is 0.338 e. The van der Waals surface area contributed by atoms with Crippen molar-refractivity contribution in [3.63, 3.8) is 0 Å². The quantitative estimate of drug-likeness (QED) is 0.522. The Hall–Kier alpha value is -3.31. The number of hydrogen-bond donors (Lipinski definition) is 1. The first-order valence-corrected chi connectivity index (χ1v) is 9.87. The second kappa shape index (κ2) is 10.5. The molecular formula is C24H22ClNO4. The molecule has 6 heteroatoms. The number of benzene rings is 3. The van der Waals surface area contributed by atoms with Gasteiger partial charge in [-0.05, 0) is 48.2 Å². The molecule has 0 aliphatic carbocycles. The second-order valence-electron chi connectivity index (χ2n) is 6.61. The molecule has 0 aliphatic rings. The van der Waals surface area contributed by atoms with E-state index < -0.39 is 18.5 Å². The zero-order valence-corrected chi connectivity index (χ0v) is 17.3. The molecule has 0 atom stereocenters. The lowest BCUT2D eigenvalue weighted by Crippen LogP contribution is -2.21. The molecule has 0 saturated heterocycles. The number of methoxy groups -OCH3 is 1. The number of rotatable bonds is 8. The van der Waals surface area contributed by atoms with Crippen molar-refractivity contribution >= 4 is 29.2 Å². The highest BCUT2D eigenvalue weighted by Crippen LogP contribution is 2.27. The molecule has 3 aromatic rings. The first-order chi connectivity index (χ1) is 14.6. The molecule has 0 heterocycles. The van der Waals surface area contributed by atoms with E-state index in [0.717, 1.165) is 12.0 Å². The van der Waals surface area contributed by atoms with Crippen LogP contribution in [0.15, 0.2) is 72.8 Å². The number of carbonyl (C=O) groups is 2. The Balaban J connectivity index is 1.60. The van der Waals surface area contributed by atoms with Crippen molar-refractivity contribution in [1.29, 1.82) is 0 Å². The van der Waals surface area contributed by atoms with Crippen LogP contribution in [0.25, 0.3) is 0 Å². The normalized spacial score (nSPS) is 10.3. The summed E-state index contributed by atoms with van der Waals surface area (Å²) in [4.78, 5) is 24.8. The van der Waals surface area contributed by atoms with Gasteiger partial charge in [0.1, 0.15) is 5.75 Å². The van der Waals surface area contributed by atoms with Crippen molar-refractivity contribution in [2.45, 2.75) is 12.8 Å². The molecule has 0 aromatic heterocycles. The fourth-order valence-electron chi connectivity index (χ4n) is 3.03. The van der Waals surface area contributed by atoms with Crippen LogP contribution in [-0.2, 0) is 22.4 Å². The third-order valence-electron chi connectivity index (χ3n) is 4.53. The van der Waals surface area contributed by atoms with Gasteiger partial charge in [0.2, 0.25) is 0 Å². The lowest BCUT2D eigenvalue weighted by atomic mass is 10.00. The third kappa shape index (κ3) is 5.84. The molecule has 0 radical (unpaired) electrons. The highest BCUT2D eigenvalue weighted by Gasteiger charge is 2.15. The summed E-state index contributed by atoms with van der Waals surface area (Å²) in [7, 11) is 1.49. The molecule has 0 saturated carbocycles. The number of halogens is 1. The predicted molar refractivity (Wildman–Crippen MR) is 117 cm³/mol. The Kier molecular flexibility index (Phi) is 7.46. The van der Waals surface area contributed by atoms with Gasteiger partial charge >= 0.3 is 5.97 Å². The Bertz CT molecular complexity index is 1020. The Morgan fingerprint density at radius 3 is 2.43 bits per heavy atom. The fraction of sp³-hybridized carbons (Fsp3) is 0.167. The summed E-state index contributed by atoms with van der Waals surface area (Å²) < 4.78 is 10.4. The minimum atomic E-state index is -0.535. The van der Waals surface area contributed by atoms with E-state index in [-0.39, 0.29) is 0 Å². The van der Waals surface area contributed by atoms with Crippen LogP contribution >= 0.6 is 11.6 Å². The summed E-state index contributed by atoms with van der Waals surface area (Å²) in [6.45, 7) is -0.415. The van der Waals surface area contributed by atoms with Crippen LogP contribution in [0.5, 0.6) is 5.75 Å². The average Bonchev–Trinajstić information content (AvgIpc) is 2.77. The molecule has 5 nitrogen and oxygen atoms in total. The van der Waals surface area contributed by atoms with E-state index in [1.54, 1.807) is 30.3 Å². The van der Waals surface area contributed by atoms with Gasteiger partial charge in [0, 0.05) is 5.02 Å². The molecule has 0 spiro atoms. The van der Waals surface area contributed by atoms with E-state index in [4.69, 9.17) is 21.1 Å². The zero-order chi connectivity index (χ0) is 21.3. The Morgan fingerprint density at radius 2 is 1.67 bits per heavy atom. The maximum Gasteiger partial charge on any atom is 0.338 e. The van der Waals surface area contributed by atoms with Gasteiger partial charge in [-0.1, -0.05) is 60.1 Å². The Labute approximate surface area is 180 Å². The lowest BCUT2D eigenvalue weighted by molar-refractivity contribution is -0.119. The predicted octanol–water partition coefficient (Wildman–Crippen LogP) is 4.93. The van der Waals surface area contributed by atoms with Crippen molar-refractivity contribution in [3.05, 3.63) is 94.5 Å². The standard InChI is InChI=1S/C24H22ClNO4/c1-29-22-14-13-19(25)15-21(22)26-23(27)16-30-24(28)20-10-6-5-9-18(20)12-11-17-7-3-2-4-8-17/h2-10,13-15H,11-12,16H2,1H3,(H,26,27). The lowest BCUT2D eigenvalue weighted by Gasteiger charge is -2.12. The summed E-state index contributed by atoms with van der Waals surface area (Å²) in [5.74, 6) is -0.553. The van der Waals surface area contributed by atoms with Gasteiger partial charge in [0.15, 0.2) is 6.61 Å². The third-order valence-corrected chi connectivity index (χ3v) is 4.77. The monoisotopic (exact) mass is 423 g/mol. The number of hydrogen-bond acceptors (Lipinski definition) is 4. The van der Waals surface area contributed by atoms with Crippen LogP contribution in [0, 0.1) is 0 Å². The molecule has 0 bridgehead atoms. The van der Waals surface area contributed by atoms with Gasteiger partial charge in [-0.3, -0.25) is 4.79 Å². The van der Waals surface area contributed by atoms with Gasteiger partial charge in [0.05, 0.1) is 18.4 Å². The van der Waals surface area contributed by atoms with Crippen LogP contribution < -0.4 is 10.1 Å². The van der Waals surface area contributed by atoms with Crippen molar-refractivity contribution in [3.8, 4) is 5.75 Å². The van der Waals surface area contributed by atoms with Gasteiger partial charge in [-0.25, -0.2) is 4.79 Å². The number of aryl methyl sites for hydroxylation is 2. The number of ether oxygens (including phenoxy) is 2. The first kappa shape index (κ1) is 21.4. The second-order valence-corrected chi connectivity index (χ2v) is 7.05. The van der Waals surface area contributed by atoms with Gasteiger partial charge < -0.3 is 14.8 Å². The summed E-state index contributed by atoms with van der Waals surface area (Å²) in [6, 6.07) is 22.2. The number of nitrogens with one attached hydrogen (secondary N) is 1. The topological polar surface area (TPSA) is 64.6 Å². The Morgan fingerprint density at radius 1 is 0.933 bits per heavy atom. The van der Waals surface area contributed by atoms with Crippen molar-refractivity contribution in [2.24, 2.45) is 0 Å². The molecule has 154 valence electrons. The van der Waals surface area contributed by atoms with Gasteiger partial charge in [-0.15, -0.1) is 0 Å². The molecule has 3 aromatic carbocycles. The summed E-state index contributed by atoms with van der Waals surface area (Å²) in [6.07, 6.45) is 1.50. The molecule has 0 fully saturated rings. The van der Waals surface area contributed by atoms with E-state index in [1.807, 2.05) is 30.3 Å². The van der Waals surface area contributed by atoms with Gasteiger partial charge in [0.25, 0.3) is 5.91 Å². The maximum absolute atomic E-state index is 12.6. The number of esters is 1. The largest absolute Gasteiger partial charge is 0.495 e. The molecule has 30 heavy (non-hydrogen) atoms. The van der Waals surface area contributed by atoms with E-state index in [1.165, 1.54) is 12.7 Å². The maximum atomic E-state index is 12.6. The summed E-state index contributed by atoms with van der Waals surface area (Å²) in [5.41, 5.74) is 2.94. The zero-order valence-electron chi connectivity index (χ0n) is 16.6. The number of anilines is 1. The van der Waals surface area contributed by atoms with E-state index in [2.05, 4.69) is 17.4 Å². The molecule has 1 amide bonds. The molecule has 0 aliphatic heterocycles. The van der Waals surface area contributed by atoms with Crippen LogP contribution in [0.1, 0.15) is 21.5 Å². The van der Waals surface area contributed by atoms with Crippen LogP contribution in [-0.4, -0.2) is 25.6 Å². The number of amides is 1. The van der Waals surface area contributed by atoms with E-state index >= 15 is 0 Å². The molecular weight excluding hydrogens is 402 g/mol. The minimum absolute atomic E-state index is 0.411. The minimum Gasteiger partial charge on any atom is -0.495 e. The van der Waals surface area contributed by atoms with Crippen LogP contribution in [0.3, 0.4) is 0 Å². The highest BCUT2D eigenvalue weighted by molar-refractivity contribution is 6.31. The van der Waals surface area contributed by atoms with Crippen LogP contribution in [0.4, 0.5) is 5.69 Å². The van der Waals surface area contributed by atoms with E-state index in [9.17, 15) is 9.59 Å². The van der Waals surface area contributed by atoms with Crippen molar-refractivity contribution < 1.29 is 19.1 Å². The first-order valence-electron chi connectivity index (χ1n) is 9.49. The highest BCUT2D eigenvalue weighted by atomic mass is 35.5. The molecule has 3 rings (SSSR count). The SMILES string of the molecule is COc1ccc(Cl)cc1NC(=O)COC(=O)c1ccccc1CCc1ccccc1. The van der Waals surface area contributed by atoms with Crippen LogP contribution in [0.2, 0.25) is 5.02 Å². The number of carbonyl (C=O) groups excluding carboxylic acids is 2. The van der Waals surface area contributed by atoms with Crippen molar-refractivity contribution in [1.82, 2.24) is 0 Å². The molecule has 1 N–H and O–H groups in total. The van der Waals surface area contributed by atoms with Gasteiger partial charge in [-0.2, -0.15) is 0 Å². The van der Waals surface area contributed by atoms with Crippen molar-refractivity contribution in [2.75, 3.05) is 19.0 Å². The summed E-state index contributed by atoms with van der Waals surface area (Å²) >= 11 is 5.96. The average molecular weight is 424 g/mol. The molecule has 0 unspecified atom stereocenters. The summed E-state index contributed by atoms with van der Waals surface area (Å²) in [5, 5.41) is 3.10. The van der Waals surface area contributed by atoms with E-state index in [0.29, 0.717) is 28.4 Å². The fourth-order valence-corrected chi connectivity index (χ4v) is 3.21.